The van der Waals surface area contributed by atoms with Gasteiger partial charge in [0.25, 0.3) is 0 Å². The van der Waals surface area contributed by atoms with Crippen molar-refractivity contribution in [1.82, 2.24) is 4.90 Å². The fourth-order valence-electron chi connectivity index (χ4n) is 1.26. The van der Waals surface area contributed by atoms with Gasteiger partial charge in [0.05, 0.1) is 13.1 Å². The van der Waals surface area contributed by atoms with Gasteiger partial charge in [-0.05, 0) is 6.92 Å². The highest BCUT2D eigenvalue weighted by Crippen LogP contribution is 2.41. The van der Waals surface area contributed by atoms with Crippen molar-refractivity contribution in [3.8, 4) is 0 Å². The number of alkyl halides is 4. The SMILES string of the molecule is CC(CN)N1CC(F)(F)C(F)(F)C1. The first-order valence-electron chi connectivity index (χ1n) is 4.00. The first-order valence-corrected chi connectivity index (χ1v) is 4.00. The standard InChI is InChI=1S/C7H12F4N2/c1-5(2-12)13-3-6(8,9)7(10,11)4-13/h5H,2-4,12H2,1H3. The van der Waals surface area contributed by atoms with Crippen molar-refractivity contribution < 1.29 is 17.6 Å². The lowest BCUT2D eigenvalue weighted by molar-refractivity contribution is -0.172. The van der Waals surface area contributed by atoms with Gasteiger partial charge in [0.1, 0.15) is 0 Å². The van der Waals surface area contributed by atoms with E-state index in [0.29, 0.717) is 0 Å². The number of nitrogens with zero attached hydrogens (tertiary/aromatic N) is 1. The highest BCUT2D eigenvalue weighted by molar-refractivity contribution is 4.98. The Morgan fingerprint density at radius 1 is 1.23 bits per heavy atom. The molecule has 1 heterocycles. The van der Waals surface area contributed by atoms with Crippen molar-refractivity contribution in [1.29, 1.82) is 0 Å². The summed E-state index contributed by atoms with van der Waals surface area (Å²) in [5.41, 5.74) is 5.20. The van der Waals surface area contributed by atoms with Crippen LogP contribution in [-0.2, 0) is 0 Å². The summed E-state index contributed by atoms with van der Waals surface area (Å²) < 4.78 is 50.5. The molecule has 1 atom stereocenters. The summed E-state index contributed by atoms with van der Waals surface area (Å²) in [6, 6.07) is -0.431. The Labute approximate surface area is 73.7 Å². The molecule has 13 heavy (non-hydrogen) atoms. The van der Waals surface area contributed by atoms with Gasteiger partial charge in [-0.3, -0.25) is 4.90 Å². The van der Waals surface area contributed by atoms with Gasteiger partial charge in [-0.1, -0.05) is 0 Å². The molecule has 2 nitrogen and oxygen atoms in total. The summed E-state index contributed by atoms with van der Waals surface area (Å²) in [6.45, 7) is -0.152. The lowest BCUT2D eigenvalue weighted by atomic mass is 10.2. The predicted molar refractivity (Wildman–Crippen MR) is 40.0 cm³/mol. The maximum absolute atomic E-state index is 12.6. The molecule has 1 saturated heterocycles. The van der Waals surface area contributed by atoms with Crippen LogP contribution < -0.4 is 5.73 Å². The van der Waals surface area contributed by atoms with E-state index in [1.165, 1.54) is 0 Å². The van der Waals surface area contributed by atoms with Crippen LogP contribution in [0.25, 0.3) is 0 Å². The van der Waals surface area contributed by atoms with E-state index < -0.39 is 31.0 Å². The van der Waals surface area contributed by atoms with E-state index in [-0.39, 0.29) is 6.54 Å². The van der Waals surface area contributed by atoms with Crippen LogP contribution in [0.15, 0.2) is 0 Å². The molecular weight excluding hydrogens is 188 g/mol. The zero-order chi connectivity index (χ0) is 10.3. The van der Waals surface area contributed by atoms with Crippen molar-refractivity contribution in [2.75, 3.05) is 19.6 Å². The number of hydrogen-bond acceptors (Lipinski definition) is 2. The summed E-state index contributed by atoms with van der Waals surface area (Å²) in [5.74, 6) is -7.84. The van der Waals surface area contributed by atoms with Crippen molar-refractivity contribution in [3.05, 3.63) is 0 Å². The highest BCUT2D eigenvalue weighted by atomic mass is 19.3. The molecule has 0 aromatic carbocycles. The van der Waals surface area contributed by atoms with Crippen LogP contribution in [0.3, 0.4) is 0 Å². The summed E-state index contributed by atoms with van der Waals surface area (Å²) >= 11 is 0. The number of rotatable bonds is 2. The van der Waals surface area contributed by atoms with Crippen LogP contribution in [0, 0.1) is 0 Å². The molecule has 2 N–H and O–H groups in total. The third-order valence-electron chi connectivity index (χ3n) is 2.30. The van der Waals surface area contributed by atoms with Crippen molar-refractivity contribution in [2.45, 2.75) is 24.8 Å². The van der Waals surface area contributed by atoms with Crippen molar-refractivity contribution in [3.63, 3.8) is 0 Å². The second-order valence-electron chi connectivity index (χ2n) is 3.40. The molecular formula is C7H12F4N2. The Kier molecular flexibility index (Phi) is 2.55. The molecule has 0 amide bonds. The molecule has 0 aromatic rings. The first-order chi connectivity index (χ1) is 5.80. The molecule has 1 unspecified atom stereocenters. The van der Waals surface area contributed by atoms with Crippen LogP contribution in [-0.4, -0.2) is 42.4 Å². The Morgan fingerprint density at radius 2 is 1.62 bits per heavy atom. The molecule has 0 radical (unpaired) electrons. The summed E-state index contributed by atoms with van der Waals surface area (Å²) in [5, 5.41) is 0. The summed E-state index contributed by atoms with van der Waals surface area (Å²) in [4.78, 5) is 1.01. The van der Waals surface area contributed by atoms with Gasteiger partial charge in [0, 0.05) is 12.6 Å². The van der Waals surface area contributed by atoms with Crippen molar-refractivity contribution in [2.24, 2.45) is 5.73 Å². The van der Waals surface area contributed by atoms with Crippen LogP contribution in [0.4, 0.5) is 17.6 Å². The van der Waals surface area contributed by atoms with E-state index in [1.807, 2.05) is 0 Å². The zero-order valence-corrected chi connectivity index (χ0v) is 7.24. The molecule has 6 heteroatoms. The van der Waals surface area contributed by atoms with E-state index in [4.69, 9.17) is 5.73 Å². The third-order valence-corrected chi connectivity index (χ3v) is 2.30. The summed E-state index contributed by atoms with van der Waals surface area (Å²) in [7, 11) is 0. The Morgan fingerprint density at radius 3 is 1.92 bits per heavy atom. The fraction of sp³-hybridized carbons (Fsp3) is 1.00. The Bertz CT molecular complexity index is 179. The average Bonchev–Trinajstić information content (AvgIpc) is 2.20. The second kappa shape index (κ2) is 3.09. The molecule has 1 rings (SSSR count). The molecule has 1 fully saturated rings. The highest BCUT2D eigenvalue weighted by Gasteiger charge is 2.63. The molecule has 0 spiro atoms. The normalized spacial score (nSPS) is 29.1. The second-order valence-corrected chi connectivity index (χ2v) is 3.40. The van der Waals surface area contributed by atoms with Gasteiger partial charge in [0.15, 0.2) is 0 Å². The topological polar surface area (TPSA) is 29.3 Å². The molecule has 0 aliphatic carbocycles. The van der Waals surface area contributed by atoms with Gasteiger partial charge in [-0.25, -0.2) is 0 Å². The van der Waals surface area contributed by atoms with E-state index in [1.54, 1.807) is 6.92 Å². The molecule has 78 valence electrons. The lowest BCUT2D eigenvalue weighted by Crippen LogP contribution is -2.38. The van der Waals surface area contributed by atoms with Crippen molar-refractivity contribution >= 4 is 0 Å². The Balaban J connectivity index is 2.70. The molecule has 1 aliphatic rings. The predicted octanol–water partition coefficient (Wildman–Crippen LogP) is 0.920. The third kappa shape index (κ3) is 1.78. The average molecular weight is 200 g/mol. The molecule has 0 bridgehead atoms. The minimum absolute atomic E-state index is 0.103. The minimum atomic E-state index is -3.92. The van der Waals surface area contributed by atoms with Crippen LogP contribution in [0.1, 0.15) is 6.92 Å². The molecule has 0 aromatic heterocycles. The maximum Gasteiger partial charge on any atom is 0.323 e. The van der Waals surface area contributed by atoms with Crippen LogP contribution in [0.2, 0.25) is 0 Å². The van der Waals surface area contributed by atoms with Gasteiger partial charge in [-0.2, -0.15) is 17.6 Å². The zero-order valence-electron chi connectivity index (χ0n) is 7.24. The van der Waals surface area contributed by atoms with E-state index >= 15 is 0 Å². The van der Waals surface area contributed by atoms with E-state index in [0.717, 1.165) is 4.90 Å². The molecule has 0 saturated carbocycles. The van der Waals surface area contributed by atoms with E-state index in [2.05, 4.69) is 0 Å². The van der Waals surface area contributed by atoms with E-state index in [9.17, 15) is 17.6 Å². The van der Waals surface area contributed by atoms with Crippen LogP contribution in [0.5, 0.6) is 0 Å². The lowest BCUT2D eigenvalue weighted by Gasteiger charge is -2.21. The maximum atomic E-state index is 12.6. The van der Waals surface area contributed by atoms with Gasteiger partial charge in [0.2, 0.25) is 0 Å². The number of halogens is 4. The molecule has 1 aliphatic heterocycles. The van der Waals surface area contributed by atoms with Crippen LogP contribution >= 0.6 is 0 Å². The number of hydrogen-bond donors (Lipinski definition) is 1. The van der Waals surface area contributed by atoms with Gasteiger partial charge in [-0.15, -0.1) is 0 Å². The van der Waals surface area contributed by atoms with Gasteiger partial charge < -0.3 is 5.73 Å². The number of nitrogens with two attached hydrogens (primary N) is 1. The quantitative estimate of drug-likeness (QED) is 0.671. The number of likely N-dealkylation sites (tertiary alicyclic amines) is 1. The fourth-order valence-corrected chi connectivity index (χ4v) is 1.26. The first kappa shape index (κ1) is 10.7. The monoisotopic (exact) mass is 200 g/mol. The largest absolute Gasteiger partial charge is 0.329 e. The minimum Gasteiger partial charge on any atom is -0.329 e. The van der Waals surface area contributed by atoms with Gasteiger partial charge >= 0.3 is 11.8 Å². The Hall–Kier alpha value is -0.360. The smallest absolute Gasteiger partial charge is 0.323 e. The summed E-state index contributed by atoms with van der Waals surface area (Å²) in [6.07, 6.45) is 0.